The Balaban J connectivity index is 1.25. The SMILES string of the molecule is COc1ccccc1CN1CCC(CNC(=O)c2cc(C)nc3c2c(C)nn3-c2ccc(C)cc2)CC1. The highest BCUT2D eigenvalue weighted by atomic mass is 16.5. The van der Waals surface area contributed by atoms with E-state index in [0.29, 0.717) is 18.0 Å². The maximum absolute atomic E-state index is 13.4. The minimum absolute atomic E-state index is 0.0569. The molecule has 2 aromatic carbocycles. The number of fused-ring (bicyclic) bond motifs is 1. The van der Waals surface area contributed by atoms with Crippen LogP contribution in [-0.4, -0.2) is 52.3 Å². The fourth-order valence-electron chi connectivity index (χ4n) is 5.21. The van der Waals surface area contributed by atoms with Gasteiger partial charge in [0.2, 0.25) is 0 Å². The lowest BCUT2D eigenvalue weighted by Gasteiger charge is -2.32. The van der Waals surface area contributed by atoms with E-state index in [1.165, 1.54) is 11.1 Å². The summed E-state index contributed by atoms with van der Waals surface area (Å²) in [5.41, 5.74) is 6.31. The number of nitrogens with zero attached hydrogens (tertiary/aromatic N) is 4. The van der Waals surface area contributed by atoms with Crippen molar-refractivity contribution >= 4 is 16.9 Å². The molecule has 0 aliphatic carbocycles. The zero-order valence-electron chi connectivity index (χ0n) is 22.1. The molecule has 0 unspecified atom stereocenters. The van der Waals surface area contributed by atoms with Crippen LogP contribution in [0.4, 0.5) is 0 Å². The second-order valence-electron chi connectivity index (χ2n) is 10.1. The van der Waals surface area contributed by atoms with Crippen LogP contribution in [-0.2, 0) is 6.54 Å². The number of rotatable bonds is 7. The van der Waals surface area contributed by atoms with Crippen molar-refractivity contribution in [3.8, 4) is 11.4 Å². The maximum Gasteiger partial charge on any atom is 0.252 e. The molecule has 1 aliphatic rings. The third-order valence-electron chi connectivity index (χ3n) is 7.31. The highest BCUT2D eigenvalue weighted by molar-refractivity contribution is 6.06. The van der Waals surface area contributed by atoms with Crippen molar-refractivity contribution in [2.45, 2.75) is 40.2 Å². The van der Waals surface area contributed by atoms with Gasteiger partial charge in [-0.05, 0) is 76.9 Å². The van der Waals surface area contributed by atoms with E-state index >= 15 is 0 Å². The lowest BCUT2D eigenvalue weighted by Crippen LogP contribution is -2.38. The van der Waals surface area contributed by atoms with Gasteiger partial charge in [-0.1, -0.05) is 35.9 Å². The summed E-state index contributed by atoms with van der Waals surface area (Å²) in [7, 11) is 1.72. The molecule has 1 aliphatic heterocycles. The number of amides is 1. The fourth-order valence-corrected chi connectivity index (χ4v) is 5.21. The normalized spacial score (nSPS) is 14.7. The van der Waals surface area contributed by atoms with Crippen LogP contribution in [0.25, 0.3) is 16.7 Å². The van der Waals surface area contributed by atoms with E-state index in [4.69, 9.17) is 14.8 Å². The van der Waals surface area contributed by atoms with Gasteiger partial charge in [-0.25, -0.2) is 9.67 Å². The van der Waals surface area contributed by atoms with E-state index in [-0.39, 0.29) is 5.91 Å². The van der Waals surface area contributed by atoms with Crippen molar-refractivity contribution in [2.75, 3.05) is 26.7 Å². The van der Waals surface area contributed by atoms with Crippen LogP contribution in [0.2, 0.25) is 0 Å². The average molecular weight is 498 g/mol. The second kappa shape index (κ2) is 10.7. The van der Waals surface area contributed by atoms with E-state index in [1.54, 1.807) is 7.11 Å². The molecule has 37 heavy (non-hydrogen) atoms. The third-order valence-corrected chi connectivity index (χ3v) is 7.31. The smallest absolute Gasteiger partial charge is 0.252 e. The van der Waals surface area contributed by atoms with Crippen molar-refractivity contribution in [1.82, 2.24) is 25.0 Å². The molecule has 0 spiro atoms. The van der Waals surface area contributed by atoms with Gasteiger partial charge in [0.25, 0.3) is 5.91 Å². The number of aromatic nitrogens is 3. The Labute approximate surface area is 218 Å². The Morgan fingerprint density at radius 1 is 1.05 bits per heavy atom. The quantitative estimate of drug-likeness (QED) is 0.389. The number of hydrogen-bond acceptors (Lipinski definition) is 5. The molecule has 2 aromatic heterocycles. The summed E-state index contributed by atoms with van der Waals surface area (Å²) in [5.74, 6) is 1.35. The molecule has 4 aromatic rings. The Hall–Kier alpha value is -3.71. The van der Waals surface area contributed by atoms with Gasteiger partial charge in [0.1, 0.15) is 5.75 Å². The molecule has 1 N–H and O–H groups in total. The van der Waals surface area contributed by atoms with Crippen LogP contribution in [0.3, 0.4) is 0 Å². The van der Waals surface area contributed by atoms with Crippen molar-refractivity contribution in [2.24, 2.45) is 5.92 Å². The summed E-state index contributed by atoms with van der Waals surface area (Å²) in [6.07, 6.45) is 2.12. The lowest BCUT2D eigenvalue weighted by atomic mass is 9.96. The summed E-state index contributed by atoms with van der Waals surface area (Å²) in [6.45, 7) is 9.52. The number of hydrogen-bond donors (Lipinski definition) is 1. The number of pyridine rings is 1. The van der Waals surface area contributed by atoms with Crippen molar-refractivity contribution in [3.05, 3.63) is 82.7 Å². The van der Waals surface area contributed by atoms with Crippen LogP contribution in [0.15, 0.2) is 54.6 Å². The summed E-state index contributed by atoms with van der Waals surface area (Å²) < 4.78 is 7.35. The first-order valence-electron chi connectivity index (χ1n) is 13.0. The molecule has 0 saturated carbocycles. The van der Waals surface area contributed by atoms with Crippen LogP contribution in [0.1, 0.15) is 45.7 Å². The van der Waals surface area contributed by atoms with Crippen LogP contribution >= 0.6 is 0 Å². The number of nitrogens with one attached hydrogen (secondary N) is 1. The summed E-state index contributed by atoms with van der Waals surface area (Å²) in [5, 5.41) is 8.77. The summed E-state index contributed by atoms with van der Waals surface area (Å²) in [6, 6.07) is 18.3. The number of piperidine rings is 1. The van der Waals surface area contributed by atoms with Gasteiger partial charge in [0, 0.05) is 24.3 Å². The molecule has 7 heteroatoms. The van der Waals surface area contributed by atoms with Crippen LogP contribution in [0, 0.1) is 26.7 Å². The van der Waals surface area contributed by atoms with Gasteiger partial charge >= 0.3 is 0 Å². The third kappa shape index (κ3) is 5.37. The molecule has 0 bridgehead atoms. The molecule has 5 rings (SSSR count). The van der Waals surface area contributed by atoms with E-state index < -0.39 is 0 Å². The van der Waals surface area contributed by atoms with E-state index in [1.807, 2.05) is 48.9 Å². The molecule has 3 heterocycles. The highest BCUT2D eigenvalue weighted by Gasteiger charge is 2.23. The number of carbonyl (C=O) groups excluding carboxylic acids is 1. The first-order chi connectivity index (χ1) is 17.9. The fraction of sp³-hybridized carbons (Fsp3) is 0.367. The molecule has 1 amide bonds. The van der Waals surface area contributed by atoms with Crippen molar-refractivity contribution in [3.63, 3.8) is 0 Å². The Bertz CT molecular complexity index is 1400. The number of aryl methyl sites for hydroxylation is 3. The number of para-hydroxylation sites is 1. The van der Waals surface area contributed by atoms with E-state index in [2.05, 4.69) is 41.4 Å². The first-order valence-corrected chi connectivity index (χ1v) is 13.0. The first kappa shape index (κ1) is 25.0. The van der Waals surface area contributed by atoms with Crippen molar-refractivity contribution in [1.29, 1.82) is 0 Å². The Morgan fingerprint density at radius 3 is 2.51 bits per heavy atom. The summed E-state index contributed by atoms with van der Waals surface area (Å²) in [4.78, 5) is 20.6. The van der Waals surface area contributed by atoms with Crippen LogP contribution in [0.5, 0.6) is 5.75 Å². The summed E-state index contributed by atoms with van der Waals surface area (Å²) >= 11 is 0. The van der Waals surface area contributed by atoms with Gasteiger partial charge in [-0.3, -0.25) is 9.69 Å². The minimum Gasteiger partial charge on any atom is -0.496 e. The van der Waals surface area contributed by atoms with Gasteiger partial charge in [-0.15, -0.1) is 0 Å². The zero-order valence-corrected chi connectivity index (χ0v) is 22.1. The van der Waals surface area contributed by atoms with Gasteiger partial charge < -0.3 is 10.1 Å². The largest absolute Gasteiger partial charge is 0.496 e. The topological polar surface area (TPSA) is 72.3 Å². The average Bonchev–Trinajstić information content (AvgIpc) is 3.24. The predicted molar refractivity (Wildman–Crippen MR) is 146 cm³/mol. The van der Waals surface area contributed by atoms with E-state index in [0.717, 1.165) is 66.3 Å². The van der Waals surface area contributed by atoms with Gasteiger partial charge in [0.15, 0.2) is 5.65 Å². The van der Waals surface area contributed by atoms with Gasteiger partial charge in [0.05, 0.1) is 29.4 Å². The Kier molecular flexibility index (Phi) is 7.24. The monoisotopic (exact) mass is 497 g/mol. The van der Waals surface area contributed by atoms with E-state index in [9.17, 15) is 4.79 Å². The molecule has 1 saturated heterocycles. The molecule has 7 nitrogen and oxygen atoms in total. The standard InChI is InChI=1S/C30H35N5O2/c1-20-9-11-25(12-10-20)35-29-28(22(3)33-35)26(17-21(2)32-29)30(36)31-18-23-13-15-34(16-14-23)19-24-7-5-6-8-27(24)37-4/h5-12,17,23H,13-16,18-19H2,1-4H3,(H,31,36). The molecule has 1 fully saturated rings. The number of ether oxygens (including phenoxy) is 1. The van der Waals surface area contributed by atoms with Gasteiger partial charge in [-0.2, -0.15) is 5.10 Å². The van der Waals surface area contributed by atoms with Crippen LogP contribution < -0.4 is 10.1 Å². The molecule has 0 radical (unpaired) electrons. The molecular weight excluding hydrogens is 462 g/mol. The number of likely N-dealkylation sites (tertiary alicyclic amines) is 1. The minimum atomic E-state index is -0.0569. The predicted octanol–water partition coefficient (Wildman–Crippen LogP) is 5.00. The Morgan fingerprint density at radius 2 is 1.78 bits per heavy atom. The molecule has 192 valence electrons. The zero-order chi connectivity index (χ0) is 25.9. The number of methoxy groups -OCH3 is 1. The molecule has 0 atom stereocenters. The maximum atomic E-state index is 13.4. The van der Waals surface area contributed by atoms with Crippen molar-refractivity contribution < 1.29 is 9.53 Å². The lowest BCUT2D eigenvalue weighted by molar-refractivity contribution is 0.0936. The second-order valence-corrected chi connectivity index (χ2v) is 10.1. The number of benzene rings is 2. The number of carbonyl (C=O) groups is 1. The molecular formula is C30H35N5O2. The highest BCUT2D eigenvalue weighted by Crippen LogP contribution is 2.26.